The molecule has 0 fully saturated rings. The Morgan fingerprint density at radius 1 is 0.964 bits per heavy atom. The fourth-order valence-electron chi connectivity index (χ4n) is 2.51. The number of oxazole rings is 1. The molecule has 0 saturated heterocycles. The highest BCUT2D eigenvalue weighted by molar-refractivity contribution is 5.68. The summed E-state index contributed by atoms with van der Waals surface area (Å²) in [5.74, 6) is 2.26. The molecule has 0 amide bonds. The summed E-state index contributed by atoms with van der Waals surface area (Å²) in [6.45, 7) is 5.12. The molecule has 1 N–H and O–H groups in total. The van der Waals surface area contributed by atoms with Crippen LogP contribution in [0.5, 0.6) is 11.5 Å². The monoisotopic (exact) mass is 375 g/mol. The number of aromatic nitrogens is 1. The van der Waals surface area contributed by atoms with Gasteiger partial charge in [-0.15, -0.1) is 0 Å². The predicted molar refractivity (Wildman–Crippen MR) is 109 cm³/mol. The predicted octanol–water partition coefficient (Wildman–Crippen LogP) is 5.26. The van der Waals surface area contributed by atoms with Crippen LogP contribution < -0.4 is 14.8 Å². The number of rotatable bonds is 8. The number of hydrogen-bond donors (Lipinski definition) is 1. The zero-order chi connectivity index (χ0) is 19.8. The molecule has 0 saturated carbocycles. The van der Waals surface area contributed by atoms with Gasteiger partial charge in [-0.25, -0.2) is 0 Å². The van der Waals surface area contributed by atoms with Crippen molar-refractivity contribution in [2.75, 3.05) is 18.5 Å². The second-order valence-electron chi connectivity index (χ2n) is 5.76. The van der Waals surface area contributed by atoms with Crippen molar-refractivity contribution in [1.29, 1.82) is 5.26 Å². The summed E-state index contributed by atoms with van der Waals surface area (Å²) in [4.78, 5) is 4.21. The van der Waals surface area contributed by atoms with Crippen molar-refractivity contribution >= 4 is 23.7 Å². The third-order valence-corrected chi connectivity index (χ3v) is 3.78. The molecule has 0 bridgehead atoms. The Hall–Kier alpha value is -3.72. The van der Waals surface area contributed by atoms with Crippen LogP contribution in [0.1, 0.15) is 31.0 Å². The Kier molecular flexibility index (Phi) is 6.32. The number of nitrogens with one attached hydrogen (secondary N) is 1. The maximum Gasteiger partial charge on any atom is 0.236 e. The van der Waals surface area contributed by atoms with Crippen molar-refractivity contribution in [1.82, 2.24) is 4.98 Å². The minimum absolute atomic E-state index is 0.195. The number of benzene rings is 2. The second kappa shape index (κ2) is 9.28. The molecule has 3 rings (SSSR count). The molecule has 0 spiro atoms. The van der Waals surface area contributed by atoms with E-state index in [1.165, 1.54) is 0 Å². The molecule has 1 aromatic heterocycles. The molecule has 2 aromatic carbocycles. The highest BCUT2D eigenvalue weighted by Gasteiger charge is 2.11. The number of nitrogens with zero attached hydrogens (tertiary/aromatic N) is 2. The zero-order valence-electron chi connectivity index (χ0n) is 15.8. The van der Waals surface area contributed by atoms with Crippen LogP contribution in [0.25, 0.3) is 12.2 Å². The molecule has 0 radical (unpaired) electrons. The third kappa shape index (κ3) is 4.92. The summed E-state index contributed by atoms with van der Waals surface area (Å²) >= 11 is 0. The Labute approximate surface area is 164 Å². The van der Waals surface area contributed by atoms with Gasteiger partial charge in [-0.1, -0.05) is 12.1 Å². The Bertz CT molecular complexity index is 968. The molecular formula is C22H21N3O3. The van der Waals surface area contributed by atoms with Crippen LogP contribution in [0, 0.1) is 11.3 Å². The first kappa shape index (κ1) is 19.1. The van der Waals surface area contributed by atoms with Gasteiger partial charge in [0.2, 0.25) is 17.5 Å². The number of hydrogen-bond acceptors (Lipinski definition) is 6. The summed E-state index contributed by atoms with van der Waals surface area (Å²) in [7, 11) is 0. The zero-order valence-corrected chi connectivity index (χ0v) is 15.8. The van der Waals surface area contributed by atoms with E-state index in [4.69, 9.17) is 13.9 Å². The first-order valence-corrected chi connectivity index (χ1v) is 9.03. The van der Waals surface area contributed by atoms with E-state index >= 15 is 0 Å². The lowest BCUT2D eigenvalue weighted by molar-refractivity contribution is 0.340. The summed E-state index contributed by atoms with van der Waals surface area (Å²) in [6, 6.07) is 17.1. The normalized spacial score (nSPS) is 10.6. The van der Waals surface area contributed by atoms with Crippen LogP contribution >= 0.6 is 0 Å². The number of anilines is 2. The first-order valence-electron chi connectivity index (χ1n) is 9.03. The molecule has 142 valence electrons. The maximum absolute atomic E-state index is 9.32. The standard InChI is InChI=1S/C22H21N3O3/c1-3-26-18-10-5-16(6-11-18)7-14-21-25-20(15-23)22(28-21)24-17-8-12-19(13-9-17)27-4-2/h5-14,24H,3-4H2,1-2H3/b14-7+. The van der Waals surface area contributed by atoms with Crippen LogP contribution in [-0.2, 0) is 0 Å². The van der Waals surface area contributed by atoms with Crippen LogP contribution in [0.4, 0.5) is 11.6 Å². The van der Waals surface area contributed by atoms with Crippen LogP contribution in [0.15, 0.2) is 52.9 Å². The van der Waals surface area contributed by atoms with E-state index in [1.54, 1.807) is 6.08 Å². The van der Waals surface area contributed by atoms with E-state index in [2.05, 4.69) is 10.3 Å². The van der Waals surface area contributed by atoms with Gasteiger partial charge in [0.05, 0.1) is 13.2 Å². The summed E-state index contributed by atoms with van der Waals surface area (Å²) < 4.78 is 16.5. The Morgan fingerprint density at radius 3 is 2.14 bits per heavy atom. The quantitative estimate of drug-likeness (QED) is 0.578. The van der Waals surface area contributed by atoms with Crippen LogP contribution in [0.3, 0.4) is 0 Å². The smallest absolute Gasteiger partial charge is 0.236 e. The third-order valence-electron chi connectivity index (χ3n) is 3.78. The summed E-state index contributed by atoms with van der Waals surface area (Å²) in [6.07, 6.45) is 3.59. The van der Waals surface area contributed by atoms with E-state index < -0.39 is 0 Å². The van der Waals surface area contributed by atoms with Gasteiger partial charge in [-0.3, -0.25) is 0 Å². The molecule has 0 aliphatic rings. The van der Waals surface area contributed by atoms with Crippen molar-refractivity contribution < 1.29 is 13.9 Å². The van der Waals surface area contributed by atoms with Gasteiger partial charge in [-0.05, 0) is 61.9 Å². The van der Waals surface area contributed by atoms with E-state index in [-0.39, 0.29) is 5.69 Å². The van der Waals surface area contributed by atoms with Crippen molar-refractivity contribution in [3.05, 3.63) is 65.7 Å². The lowest BCUT2D eigenvalue weighted by Gasteiger charge is -2.05. The van der Waals surface area contributed by atoms with Gasteiger partial charge < -0.3 is 19.2 Å². The van der Waals surface area contributed by atoms with E-state index in [9.17, 15) is 5.26 Å². The van der Waals surface area contributed by atoms with Gasteiger partial charge in [0.1, 0.15) is 17.6 Å². The molecule has 0 unspecified atom stereocenters. The van der Waals surface area contributed by atoms with Gasteiger partial charge in [-0.2, -0.15) is 10.2 Å². The molecule has 3 aromatic rings. The van der Waals surface area contributed by atoms with Gasteiger partial charge in [0.25, 0.3) is 0 Å². The SMILES string of the molecule is CCOc1ccc(/C=C/c2nc(C#N)c(Nc3ccc(OCC)cc3)o2)cc1. The van der Waals surface area contributed by atoms with Crippen molar-refractivity contribution in [2.24, 2.45) is 0 Å². The fraction of sp³-hybridized carbons (Fsp3) is 0.182. The lowest BCUT2D eigenvalue weighted by atomic mass is 10.2. The lowest BCUT2D eigenvalue weighted by Crippen LogP contribution is -1.93. The molecule has 0 aliphatic carbocycles. The number of ether oxygens (including phenoxy) is 2. The van der Waals surface area contributed by atoms with E-state index in [0.29, 0.717) is 25.0 Å². The average molecular weight is 375 g/mol. The Balaban J connectivity index is 1.72. The van der Waals surface area contributed by atoms with Crippen molar-refractivity contribution in [3.63, 3.8) is 0 Å². The minimum Gasteiger partial charge on any atom is -0.494 e. The van der Waals surface area contributed by atoms with Crippen LogP contribution in [0.2, 0.25) is 0 Å². The molecule has 28 heavy (non-hydrogen) atoms. The average Bonchev–Trinajstić information content (AvgIpc) is 3.11. The van der Waals surface area contributed by atoms with Crippen molar-refractivity contribution in [2.45, 2.75) is 13.8 Å². The minimum atomic E-state index is 0.195. The van der Waals surface area contributed by atoms with Gasteiger partial charge in [0.15, 0.2) is 0 Å². The molecule has 6 nitrogen and oxygen atoms in total. The van der Waals surface area contributed by atoms with Gasteiger partial charge in [0, 0.05) is 11.8 Å². The van der Waals surface area contributed by atoms with Crippen molar-refractivity contribution in [3.8, 4) is 17.6 Å². The maximum atomic E-state index is 9.32. The number of nitriles is 1. The molecule has 0 atom stereocenters. The van der Waals surface area contributed by atoms with E-state index in [1.807, 2.05) is 74.5 Å². The van der Waals surface area contributed by atoms with Crippen LogP contribution in [-0.4, -0.2) is 18.2 Å². The molecule has 1 heterocycles. The summed E-state index contributed by atoms with van der Waals surface area (Å²) in [5, 5.41) is 12.4. The molecule has 0 aliphatic heterocycles. The largest absolute Gasteiger partial charge is 0.494 e. The highest BCUT2D eigenvalue weighted by atomic mass is 16.5. The second-order valence-corrected chi connectivity index (χ2v) is 5.76. The van der Waals surface area contributed by atoms with Gasteiger partial charge >= 0.3 is 0 Å². The first-order chi connectivity index (χ1) is 13.7. The molecule has 6 heteroatoms. The summed E-state index contributed by atoms with van der Waals surface area (Å²) in [5.41, 5.74) is 1.94. The fourth-order valence-corrected chi connectivity index (χ4v) is 2.51. The van der Waals surface area contributed by atoms with E-state index in [0.717, 1.165) is 22.7 Å². The molecular weight excluding hydrogens is 354 g/mol. The highest BCUT2D eigenvalue weighted by Crippen LogP contribution is 2.24. The topological polar surface area (TPSA) is 80.3 Å². The Morgan fingerprint density at radius 2 is 1.57 bits per heavy atom.